The zero-order valence-corrected chi connectivity index (χ0v) is 34.7. The summed E-state index contributed by atoms with van der Waals surface area (Å²) < 4.78 is 5.01. The van der Waals surface area contributed by atoms with Gasteiger partial charge in [0.1, 0.15) is 0 Å². The van der Waals surface area contributed by atoms with Crippen LogP contribution in [-0.2, 0) is 6.42 Å². The van der Waals surface area contributed by atoms with Gasteiger partial charge in [-0.05, 0) is 87.4 Å². The van der Waals surface area contributed by atoms with Gasteiger partial charge in [0, 0.05) is 73.3 Å². The number of allylic oxidation sites excluding steroid dienone is 5. The molecule has 0 amide bonds. The minimum Gasteiger partial charge on any atom is -0.320 e. The first kappa shape index (κ1) is 37.7. The Bertz CT molecular complexity index is 3000. The molecule has 1 unspecified atom stereocenters. The van der Waals surface area contributed by atoms with Gasteiger partial charge in [-0.25, -0.2) is 9.97 Å². The molecule has 4 nitrogen and oxygen atoms in total. The summed E-state index contributed by atoms with van der Waals surface area (Å²) in [6.07, 6.45) is 13.6. The van der Waals surface area contributed by atoms with E-state index < -0.39 is 0 Å². The number of fused-ring (bicyclic) bond motifs is 9. The van der Waals surface area contributed by atoms with Crippen LogP contribution in [0.25, 0.3) is 65.5 Å². The van der Waals surface area contributed by atoms with Crippen LogP contribution in [0.3, 0.4) is 0 Å². The number of hydrogen-bond acceptors (Lipinski definition) is 4. The van der Waals surface area contributed by atoms with Crippen molar-refractivity contribution in [3.05, 3.63) is 205 Å². The lowest BCUT2D eigenvalue weighted by atomic mass is 9.87. The molecule has 11 rings (SSSR count). The third kappa shape index (κ3) is 6.98. The summed E-state index contributed by atoms with van der Waals surface area (Å²) in [6, 6.07) is 54.1. The van der Waals surface area contributed by atoms with Gasteiger partial charge in [-0.1, -0.05) is 133 Å². The van der Waals surface area contributed by atoms with Crippen molar-refractivity contribution >= 4 is 59.9 Å². The summed E-state index contributed by atoms with van der Waals surface area (Å²) in [7, 11) is 0. The molecule has 0 saturated heterocycles. The third-order valence-electron chi connectivity index (χ3n) is 11.2. The highest BCUT2D eigenvalue weighted by Gasteiger charge is 2.40. The molecule has 1 aliphatic heterocycles. The maximum Gasteiger partial charge on any atom is 0.160 e. The van der Waals surface area contributed by atoms with E-state index >= 15 is 0 Å². The van der Waals surface area contributed by atoms with E-state index in [1.165, 1.54) is 54.1 Å². The van der Waals surface area contributed by atoms with Crippen LogP contribution >= 0.6 is 11.3 Å². The van der Waals surface area contributed by atoms with Crippen molar-refractivity contribution in [3.8, 4) is 28.3 Å². The van der Waals surface area contributed by atoms with Crippen molar-refractivity contribution in [3.63, 3.8) is 0 Å². The average molecular weight is 783 g/mol. The predicted octanol–water partition coefficient (Wildman–Crippen LogP) is 15.1. The first-order valence-electron chi connectivity index (χ1n) is 20.4. The maximum absolute atomic E-state index is 5.23. The quantitative estimate of drug-likeness (QED) is 0.167. The van der Waals surface area contributed by atoms with E-state index in [1.807, 2.05) is 69.4 Å². The van der Waals surface area contributed by atoms with Crippen LogP contribution in [0, 0.1) is 0 Å². The SMILES string of the molecule is C/C=C\C.C/C=C\C.C1=C2C(Cc3c1ccn3-c1ccccc1)c1ccc3c(sc4ccccc43)c1N2c1cccc(-c2nc(-c3ccccc3)c3ccccc3n2)c1. The van der Waals surface area contributed by atoms with Gasteiger partial charge >= 0.3 is 0 Å². The van der Waals surface area contributed by atoms with E-state index in [4.69, 9.17) is 9.97 Å². The largest absolute Gasteiger partial charge is 0.320 e. The fourth-order valence-corrected chi connectivity index (χ4v) is 9.47. The Morgan fingerprint density at radius 1 is 0.593 bits per heavy atom. The van der Waals surface area contributed by atoms with Gasteiger partial charge in [0.05, 0.1) is 21.6 Å². The Morgan fingerprint density at radius 2 is 1.25 bits per heavy atom. The normalized spacial score (nSPS) is 14.1. The number of hydrogen-bond donors (Lipinski definition) is 0. The average Bonchev–Trinajstić information content (AvgIpc) is 4.00. The molecule has 1 aliphatic carbocycles. The summed E-state index contributed by atoms with van der Waals surface area (Å²) >= 11 is 1.90. The van der Waals surface area contributed by atoms with Crippen LogP contribution in [0.15, 0.2) is 188 Å². The standard InChI is InChI=1S/C46H30N4S.2C4H8/c1-3-12-29(13-4-1)43-37-19-7-9-20-39(37)47-46(48-43)31-14-11-17-33(26-31)50-41-27-30-24-25-49(32-15-5-2-6-16-32)40(30)28-38(41)35-22-23-36-34-18-8-10-21-42(34)51-45(36)44(35)50;2*1-3-4-2/h1-27,38H,28H2;2*3-4H,1-2H3/b;2*4-3-. The molecular weight excluding hydrogens is 737 g/mol. The highest BCUT2D eigenvalue weighted by molar-refractivity contribution is 7.26. The monoisotopic (exact) mass is 782 g/mol. The Labute approximate surface area is 350 Å². The summed E-state index contributed by atoms with van der Waals surface area (Å²) in [5.41, 5.74) is 12.9. The van der Waals surface area contributed by atoms with Gasteiger partial charge < -0.3 is 9.47 Å². The Morgan fingerprint density at radius 3 is 2.02 bits per heavy atom. The summed E-state index contributed by atoms with van der Waals surface area (Å²) in [5.74, 6) is 0.954. The molecule has 0 N–H and O–H groups in total. The molecule has 9 aromatic rings. The van der Waals surface area contributed by atoms with Crippen molar-refractivity contribution in [2.45, 2.75) is 40.0 Å². The minimum atomic E-state index is 0.227. The molecule has 2 aliphatic rings. The van der Waals surface area contributed by atoms with E-state index in [0.29, 0.717) is 0 Å². The third-order valence-corrected chi connectivity index (χ3v) is 12.4. The van der Waals surface area contributed by atoms with E-state index in [-0.39, 0.29) is 5.92 Å². The molecule has 0 saturated carbocycles. The van der Waals surface area contributed by atoms with Crippen molar-refractivity contribution in [2.75, 3.05) is 4.90 Å². The van der Waals surface area contributed by atoms with Crippen LogP contribution in [0.1, 0.15) is 50.4 Å². The van der Waals surface area contributed by atoms with Crippen LogP contribution in [-0.4, -0.2) is 14.5 Å². The Kier molecular flexibility index (Phi) is 10.6. The zero-order chi connectivity index (χ0) is 40.3. The number of benzene rings is 6. The van der Waals surface area contributed by atoms with E-state index in [2.05, 4.69) is 167 Å². The number of rotatable bonds is 4. The van der Waals surface area contributed by atoms with Gasteiger partial charge in [-0.15, -0.1) is 11.3 Å². The van der Waals surface area contributed by atoms with E-state index in [9.17, 15) is 0 Å². The molecule has 288 valence electrons. The molecule has 6 aromatic carbocycles. The second-order valence-electron chi connectivity index (χ2n) is 14.7. The smallest absolute Gasteiger partial charge is 0.160 e. The zero-order valence-electron chi connectivity index (χ0n) is 33.9. The molecule has 0 radical (unpaired) electrons. The lowest BCUT2D eigenvalue weighted by Gasteiger charge is -2.27. The summed E-state index contributed by atoms with van der Waals surface area (Å²) in [5, 5.41) is 3.68. The summed E-state index contributed by atoms with van der Waals surface area (Å²) in [4.78, 5) is 12.9. The molecule has 59 heavy (non-hydrogen) atoms. The Hall–Kier alpha value is -6.82. The fraction of sp³-hybridized carbons (Fsp3) is 0.111. The van der Waals surface area contributed by atoms with Gasteiger partial charge in [-0.3, -0.25) is 0 Å². The van der Waals surface area contributed by atoms with Crippen LogP contribution < -0.4 is 4.90 Å². The number of aromatic nitrogens is 3. The van der Waals surface area contributed by atoms with Crippen LogP contribution in [0.4, 0.5) is 11.4 Å². The summed E-state index contributed by atoms with van der Waals surface area (Å²) in [6.45, 7) is 8.00. The second-order valence-corrected chi connectivity index (χ2v) is 15.8. The molecular formula is C54H46N4S. The van der Waals surface area contributed by atoms with Gasteiger partial charge in [0.2, 0.25) is 0 Å². The fourth-order valence-electron chi connectivity index (χ4n) is 8.22. The molecule has 0 fully saturated rings. The molecule has 4 heterocycles. The van der Waals surface area contributed by atoms with Gasteiger partial charge in [0.15, 0.2) is 5.82 Å². The van der Waals surface area contributed by atoms with Gasteiger partial charge in [-0.2, -0.15) is 0 Å². The van der Waals surface area contributed by atoms with Crippen molar-refractivity contribution in [1.29, 1.82) is 0 Å². The van der Waals surface area contributed by atoms with E-state index in [0.717, 1.165) is 45.7 Å². The molecule has 1 atom stereocenters. The molecule has 5 heteroatoms. The van der Waals surface area contributed by atoms with Gasteiger partial charge in [0.25, 0.3) is 0 Å². The topological polar surface area (TPSA) is 34.0 Å². The number of para-hydroxylation sites is 2. The number of thiophene rings is 1. The van der Waals surface area contributed by atoms with Crippen molar-refractivity contribution in [1.82, 2.24) is 14.5 Å². The highest BCUT2D eigenvalue weighted by atomic mass is 32.1. The predicted molar refractivity (Wildman–Crippen MR) is 253 cm³/mol. The minimum absolute atomic E-state index is 0.227. The Balaban J connectivity index is 0.000000518. The first-order chi connectivity index (χ1) is 29.1. The number of nitrogens with zero attached hydrogens (tertiary/aromatic N) is 4. The first-order valence-corrected chi connectivity index (χ1v) is 21.2. The van der Waals surface area contributed by atoms with Crippen LogP contribution in [0.2, 0.25) is 0 Å². The highest BCUT2D eigenvalue weighted by Crippen LogP contribution is 2.56. The van der Waals surface area contributed by atoms with Crippen molar-refractivity contribution in [2.24, 2.45) is 0 Å². The lowest BCUT2D eigenvalue weighted by molar-refractivity contribution is 0.756. The molecule has 0 bridgehead atoms. The van der Waals surface area contributed by atoms with Crippen LogP contribution in [0.5, 0.6) is 0 Å². The molecule has 3 aromatic heterocycles. The number of anilines is 2. The lowest BCUT2D eigenvalue weighted by Crippen LogP contribution is -2.18. The van der Waals surface area contributed by atoms with E-state index in [1.54, 1.807) is 0 Å². The second kappa shape index (κ2) is 16.6. The van der Waals surface area contributed by atoms with Crippen molar-refractivity contribution < 1.29 is 0 Å². The maximum atomic E-state index is 5.23. The molecule has 0 spiro atoms.